The monoisotopic (exact) mass is 466 g/mol. The van der Waals surface area contributed by atoms with Gasteiger partial charge in [0.05, 0.1) is 12.1 Å². The van der Waals surface area contributed by atoms with E-state index in [1.54, 1.807) is 12.1 Å². The first-order chi connectivity index (χ1) is 15.4. The molecule has 0 radical (unpaired) electrons. The van der Waals surface area contributed by atoms with E-state index in [1.165, 1.54) is 12.1 Å². The summed E-state index contributed by atoms with van der Waals surface area (Å²) in [5.41, 5.74) is 0.435. The molecule has 2 aliphatic rings. The molecule has 2 saturated heterocycles. The minimum atomic E-state index is -1.06. The summed E-state index contributed by atoms with van der Waals surface area (Å²) in [4.78, 5) is 44.3. The van der Waals surface area contributed by atoms with Crippen LogP contribution >= 0.6 is 11.8 Å². The molecule has 0 spiro atoms. The number of carbonyl (C=O) groups excluding carboxylic acids is 3. The predicted molar refractivity (Wildman–Crippen MR) is 121 cm³/mol. The Morgan fingerprint density at radius 3 is 2.31 bits per heavy atom. The summed E-state index contributed by atoms with van der Waals surface area (Å²) in [6.45, 7) is 2.32. The number of hydrogen-bond acceptors (Lipinski definition) is 6. The van der Waals surface area contributed by atoms with E-state index in [0.29, 0.717) is 42.9 Å². The predicted octanol–water partition coefficient (Wildman–Crippen LogP) is 0.969. The van der Waals surface area contributed by atoms with Crippen molar-refractivity contribution >= 4 is 35.6 Å². The standard InChI is InChI=1S/C16H22N2O5.C5H8N2OS/c1-2-3-4-14(19)17-9-10-18-16(22)12-5-7-13(8-6-12)23-11-15(20)21;8-5-6-3-1-9-2-4(3)7-5/h5-8H,2-4,9-11H2,1H3,(H,17,19)(H,18,22)(H,20,21);3-4H,1-2H2,(H2,6,7,8). The molecule has 176 valence electrons. The van der Waals surface area contributed by atoms with Crippen LogP contribution < -0.4 is 26.0 Å². The van der Waals surface area contributed by atoms with Crippen molar-refractivity contribution in [3.05, 3.63) is 29.8 Å². The van der Waals surface area contributed by atoms with Crippen LogP contribution in [0.3, 0.4) is 0 Å². The number of nitrogens with one attached hydrogen (secondary N) is 4. The number of aliphatic carboxylic acids is 1. The normalized spacial score (nSPS) is 18.3. The van der Waals surface area contributed by atoms with E-state index >= 15 is 0 Å². The average molecular weight is 467 g/mol. The molecule has 2 atom stereocenters. The van der Waals surface area contributed by atoms with Crippen LogP contribution in [0.1, 0.15) is 36.5 Å². The van der Waals surface area contributed by atoms with Crippen LogP contribution in [0.2, 0.25) is 0 Å². The van der Waals surface area contributed by atoms with Gasteiger partial charge in [-0.2, -0.15) is 11.8 Å². The highest BCUT2D eigenvalue weighted by molar-refractivity contribution is 7.99. The summed E-state index contributed by atoms with van der Waals surface area (Å²) in [5.74, 6) is 1.19. The summed E-state index contributed by atoms with van der Waals surface area (Å²) >= 11 is 1.89. The van der Waals surface area contributed by atoms with Crippen molar-refractivity contribution in [3.8, 4) is 5.75 Å². The molecule has 0 aliphatic carbocycles. The lowest BCUT2D eigenvalue weighted by atomic mass is 10.2. The fourth-order valence-corrected chi connectivity index (χ4v) is 4.25. The molecular formula is C21H30N4O6S. The molecule has 0 aromatic heterocycles. The van der Waals surface area contributed by atoms with E-state index in [9.17, 15) is 19.2 Å². The number of carboxylic acids is 1. The molecule has 0 saturated carbocycles. The number of ether oxygens (including phenoxy) is 1. The number of unbranched alkanes of at least 4 members (excludes halogenated alkanes) is 1. The molecule has 32 heavy (non-hydrogen) atoms. The number of thioether (sulfide) groups is 1. The van der Waals surface area contributed by atoms with Gasteiger partial charge in [-0.05, 0) is 30.7 Å². The number of fused-ring (bicyclic) bond motifs is 1. The van der Waals surface area contributed by atoms with E-state index < -0.39 is 12.6 Å². The lowest BCUT2D eigenvalue weighted by Crippen LogP contribution is -2.34. The topological polar surface area (TPSA) is 146 Å². The van der Waals surface area contributed by atoms with Gasteiger partial charge in [0.15, 0.2) is 6.61 Å². The molecule has 10 nitrogen and oxygen atoms in total. The van der Waals surface area contributed by atoms with Gasteiger partial charge in [-0.1, -0.05) is 13.3 Å². The van der Waals surface area contributed by atoms with Crippen molar-refractivity contribution < 1.29 is 29.0 Å². The summed E-state index contributed by atoms with van der Waals surface area (Å²) in [6.07, 6.45) is 2.33. The van der Waals surface area contributed by atoms with Crippen molar-refractivity contribution in [2.45, 2.75) is 38.3 Å². The van der Waals surface area contributed by atoms with Crippen molar-refractivity contribution in [2.24, 2.45) is 0 Å². The van der Waals surface area contributed by atoms with Crippen molar-refractivity contribution in [1.29, 1.82) is 0 Å². The number of rotatable bonds is 10. The van der Waals surface area contributed by atoms with Gasteiger partial charge in [-0.3, -0.25) is 9.59 Å². The van der Waals surface area contributed by atoms with Crippen LogP contribution in [-0.2, 0) is 9.59 Å². The summed E-state index contributed by atoms with van der Waals surface area (Å²) < 4.78 is 4.98. The maximum Gasteiger partial charge on any atom is 0.341 e. The number of urea groups is 1. The van der Waals surface area contributed by atoms with Crippen molar-refractivity contribution in [3.63, 3.8) is 0 Å². The maximum absolute atomic E-state index is 11.9. The maximum atomic E-state index is 11.9. The molecule has 2 fully saturated rings. The van der Waals surface area contributed by atoms with Crippen LogP contribution in [0.15, 0.2) is 24.3 Å². The van der Waals surface area contributed by atoms with Gasteiger partial charge < -0.3 is 31.1 Å². The van der Waals surface area contributed by atoms with E-state index in [-0.39, 0.29) is 17.8 Å². The molecule has 2 unspecified atom stereocenters. The van der Waals surface area contributed by atoms with E-state index in [0.717, 1.165) is 24.3 Å². The Labute approximate surface area is 191 Å². The van der Waals surface area contributed by atoms with Crippen molar-refractivity contribution in [2.75, 3.05) is 31.2 Å². The second kappa shape index (κ2) is 13.5. The summed E-state index contributed by atoms with van der Waals surface area (Å²) in [6, 6.07) is 6.98. The third-order valence-electron chi connectivity index (χ3n) is 4.68. The zero-order valence-electron chi connectivity index (χ0n) is 18.0. The second-order valence-electron chi connectivity index (χ2n) is 7.28. The van der Waals surface area contributed by atoms with Crippen LogP contribution in [0.5, 0.6) is 5.75 Å². The van der Waals surface area contributed by atoms with Crippen LogP contribution in [-0.4, -0.2) is 72.2 Å². The first-order valence-electron chi connectivity index (χ1n) is 10.5. The molecule has 5 N–H and O–H groups in total. The number of carboxylic acid groups (broad SMARTS) is 1. The lowest BCUT2D eigenvalue weighted by Gasteiger charge is -2.08. The molecular weight excluding hydrogens is 436 g/mol. The van der Waals surface area contributed by atoms with Crippen LogP contribution in [0, 0.1) is 0 Å². The Hall–Kier alpha value is -2.95. The van der Waals surface area contributed by atoms with Gasteiger partial charge in [-0.25, -0.2) is 9.59 Å². The quantitative estimate of drug-likeness (QED) is 0.255. The Bertz CT molecular complexity index is 775. The lowest BCUT2D eigenvalue weighted by molar-refractivity contribution is -0.139. The van der Waals surface area contributed by atoms with Gasteiger partial charge >= 0.3 is 12.0 Å². The van der Waals surface area contributed by atoms with Crippen LogP contribution in [0.25, 0.3) is 0 Å². The van der Waals surface area contributed by atoms with E-state index in [2.05, 4.69) is 21.3 Å². The van der Waals surface area contributed by atoms with Gasteiger partial charge in [-0.15, -0.1) is 0 Å². The van der Waals surface area contributed by atoms with Crippen LogP contribution in [0.4, 0.5) is 4.79 Å². The Morgan fingerprint density at radius 2 is 1.72 bits per heavy atom. The Kier molecular flexibility index (Phi) is 10.6. The van der Waals surface area contributed by atoms with Crippen molar-refractivity contribution in [1.82, 2.24) is 21.3 Å². The number of benzene rings is 1. The van der Waals surface area contributed by atoms with E-state index in [4.69, 9.17) is 9.84 Å². The molecule has 2 aliphatic heterocycles. The number of carbonyl (C=O) groups is 4. The fourth-order valence-electron chi connectivity index (χ4n) is 2.97. The first-order valence-corrected chi connectivity index (χ1v) is 11.7. The average Bonchev–Trinajstić information content (AvgIpc) is 3.35. The van der Waals surface area contributed by atoms with Gasteiger partial charge in [0.1, 0.15) is 5.75 Å². The summed E-state index contributed by atoms with van der Waals surface area (Å²) in [5, 5.41) is 19.6. The smallest absolute Gasteiger partial charge is 0.341 e. The van der Waals surface area contributed by atoms with Gasteiger partial charge in [0, 0.05) is 36.6 Å². The number of amides is 4. The second-order valence-corrected chi connectivity index (χ2v) is 8.36. The highest BCUT2D eigenvalue weighted by atomic mass is 32.2. The molecule has 2 heterocycles. The van der Waals surface area contributed by atoms with Gasteiger partial charge in [0.25, 0.3) is 5.91 Å². The fraction of sp³-hybridized carbons (Fsp3) is 0.524. The molecule has 3 rings (SSSR count). The molecule has 11 heteroatoms. The highest BCUT2D eigenvalue weighted by Gasteiger charge is 2.35. The SMILES string of the molecule is CCCCC(=O)NCCNC(=O)c1ccc(OCC(=O)O)cc1.O=C1NC2CSCC2N1. The number of hydrogen-bond donors (Lipinski definition) is 5. The Balaban J connectivity index is 0.000000329. The molecule has 1 aromatic carbocycles. The molecule has 0 bridgehead atoms. The highest BCUT2D eigenvalue weighted by Crippen LogP contribution is 2.20. The Morgan fingerprint density at radius 1 is 1.09 bits per heavy atom. The van der Waals surface area contributed by atoms with Gasteiger partial charge in [0.2, 0.25) is 5.91 Å². The molecule has 4 amide bonds. The zero-order chi connectivity index (χ0) is 23.3. The zero-order valence-corrected chi connectivity index (χ0v) is 18.8. The largest absolute Gasteiger partial charge is 0.482 e. The minimum Gasteiger partial charge on any atom is -0.482 e. The van der Waals surface area contributed by atoms with E-state index in [1.807, 2.05) is 18.7 Å². The first kappa shape index (κ1) is 25.3. The third-order valence-corrected chi connectivity index (χ3v) is 5.87. The third kappa shape index (κ3) is 9.04. The molecule has 1 aromatic rings. The summed E-state index contributed by atoms with van der Waals surface area (Å²) in [7, 11) is 0. The minimum absolute atomic E-state index is 0.00491.